The summed E-state index contributed by atoms with van der Waals surface area (Å²) in [6.45, 7) is 0. The van der Waals surface area contributed by atoms with Gasteiger partial charge in [-0.15, -0.1) is 0 Å². The molecule has 0 spiro atoms. The molecule has 1 N–H and O–H groups in total. The molecule has 0 radical (unpaired) electrons. The fourth-order valence-electron chi connectivity index (χ4n) is 1.76. The molecule has 0 aliphatic heterocycles. The molecular weight excluding hydrogens is 351 g/mol. The first-order valence-electron chi connectivity index (χ1n) is 6.05. The predicted molar refractivity (Wildman–Crippen MR) is 81.9 cm³/mol. The van der Waals surface area contributed by atoms with Crippen molar-refractivity contribution >= 4 is 33.0 Å². The number of halogens is 2. The van der Waals surface area contributed by atoms with Gasteiger partial charge in [-0.05, 0) is 24.3 Å². The molecule has 0 atom stereocenters. The molecule has 122 valence electrons. The van der Waals surface area contributed by atoms with Gasteiger partial charge in [0.05, 0.1) is 17.7 Å². The highest BCUT2D eigenvalue weighted by molar-refractivity contribution is 7.92. The first-order valence-corrected chi connectivity index (χ1v) is 7.91. The van der Waals surface area contributed by atoms with Crippen molar-refractivity contribution in [1.82, 2.24) is 0 Å². The largest absolute Gasteiger partial charge is 0.495 e. The van der Waals surface area contributed by atoms with Gasteiger partial charge in [-0.2, -0.15) is 0 Å². The third-order valence-corrected chi connectivity index (χ3v) is 4.44. The molecule has 2 rings (SSSR count). The van der Waals surface area contributed by atoms with E-state index < -0.39 is 31.3 Å². The zero-order chi connectivity index (χ0) is 17.2. The summed E-state index contributed by atoms with van der Waals surface area (Å²) in [6, 6.07) is 6.44. The van der Waals surface area contributed by atoms with E-state index in [0.29, 0.717) is 0 Å². The molecular formula is C13H10ClFN2O5S. The van der Waals surface area contributed by atoms with E-state index in [0.717, 1.165) is 30.3 Å². The highest BCUT2D eigenvalue weighted by atomic mass is 35.5. The van der Waals surface area contributed by atoms with Gasteiger partial charge >= 0.3 is 0 Å². The Bertz CT molecular complexity index is 873. The van der Waals surface area contributed by atoms with Gasteiger partial charge in [0.1, 0.15) is 16.5 Å². The minimum Gasteiger partial charge on any atom is -0.495 e. The molecule has 0 aliphatic rings. The van der Waals surface area contributed by atoms with Crippen LogP contribution in [0.1, 0.15) is 0 Å². The number of nitro groups is 1. The second kappa shape index (κ2) is 6.39. The first kappa shape index (κ1) is 17.0. The molecule has 7 nitrogen and oxygen atoms in total. The first-order chi connectivity index (χ1) is 10.7. The summed E-state index contributed by atoms with van der Waals surface area (Å²) >= 11 is 5.60. The van der Waals surface area contributed by atoms with Crippen molar-refractivity contribution in [3.63, 3.8) is 0 Å². The quantitative estimate of drug-likeness (QED) is 0.652. The SMILES string of the molecule is COc1ccc([N+](=O)[O-])cc1S(=O)(=O)Nc1ccc(Cl)cc1F. The molecule has 0 unspecified atom stereocenters. The van der Waals surface area contributed by atoms with Crippen LogP contribution in [-0.4, -0.2) is 20.5 Å². The van der Waals surface area contributed by atoms with Crippen molar-refractivity contribution in [1.29, 1.82) is 0 Å². The van der Waals surface area contributed by atoms with Crippen LogP contribution in [0.2, 0.25) is 5.02 Å². The molecule has 0 saturated carbocycles. The Labute approximate surface area is 135 Å². The molecule has 2 aromatic rings. The van der Waals surface area contributed by atoms with Crippen LogP contribution in [0.5, 0.6) is 5.75 Å². The number of nitro benzene ring substituents is 1. The maximum absolute atomic E-state index is 13.7. The van der Waals surface area contributed by atoms with E-state index in [4.69, 9.17) is 16.3 Å². The summed E-state index contributed by atoms with van der Waals surface area (Å²) in [5.41, 5.74) is -0.786. The number of benzene rings is 2. The maximum Gasteiger partial charge on any atom is 0.271 e. The van der Waals surface area contributed by atoms with Crippen LogP contribution in [0, 0.1) is 15.9 Å². The van der Waals surface area contributed by atoms with E-state index >= 15 is 0 Å². The van der Waals surface area contributed by atoms with Gasteiger partial charge in [0.2, 0.25) is 0 Å². The summed E-state index contributed by atoms with van der Waals surface area (Å²) in [7, 11) is -3.10. The predicted octanol–water partition coefficient (Wildman–Crippen LogP) is 3.20. The van der Waals surface area contributed by atoms with Gasteiger partial charge in [-0.3, -0.25) is 14.8 Å². The van der Waals surface area contributed by atoms with Crippen molar-refractivity contribution in [3.05, 3.63) is 57.4 Å². The Hall–Kier alpha value is -2.39. The monoisotopic (exact) mass is 360 g/mol. The number of sulfonamides is 1. The van der Waals surface area contributed by atoms with Crippen LogP contribution >= 0.6 is 11.6 Å². The summed E-state index contributed by atoms with van der Waals surface area (Å²) in [4.78, 5) is 9.57. The van der Waals surface area contributed by atoms with Crippen LogP contribution in [0.3, 0.4) is 0 Å². The van der Waals surface area contributed by atoms with Crippen LogP contribution in [-0.2, 0) is 10.0 Å². The van der Waals surface area contributed by atoms with E-state index in [9.17, 15) is 22.9 Å². The lowest BCUT2D eigenvalue weighted by atomic mass is 10.3. The lowest BCUT2D eigenvalue weighted by Gasteiger charge is -2.12. The molecule has 2 aromatic carbocycles. The fraction of sp³-hybridized carbons (Fsp3) is 0.0769. The van der Waals surface area contributed by atoms with E-state index in [-0.39, 0.29) is 16.5 Å². The Morgan fingerprint density at radius 2 is 1.96 bits per heavy atom. The highest BCUT2D eigenvalue weighted by Crippen LogP contribution is 2.30. The maximum atomic E-state index is 13.7. The smallest absolute Gasteiger partial charge is 0.271 e. The van der Waals surface area contributed by atoms with Gasteiger partial charge in [0, 0.05) is 17.2 Å². The minimum atomic E-state index is -4.31. The number of nitrogens with one attached hydrogen (secondary N) is 1. The normalized spacial score (nSPS) is 11.1. The molecule has 0 amide bonds. The van der Waals surface area contributed by atoms with Gasteiger partial charge in [0.15, 0.2) is 0 Å². The summed E-state index contributed by atoms with van der Waals surface area (Å²) in [5, 5.41) is 10.9. The zero-order valence-electron chi connectivity index (χ0n) is 11.6. The lowest BCUT2D eigenvalue weighted by molar-refractivity contribution is -0.385. The molecule has 0 aliphatic carbocycles. The fourth-order valence-corrected chi connectivity index (χ4v) is 3.18. The summed E-state index contributed by atoms with van der Waals surface area (Å²) in [5.74, 6) is -0.997. The molecule has 0 aromatic heterocycles. The number of rotatable bonds is 5. The van der Waals surface area contributed by atoms with Gasteiger partial charge < -0.3 is 4.74 Å². The number of methoxy groups -OCH3 is 1. The van der Waals surface area contributed by atoms with Gasteiger partial charge in [-0.25, -0.2) is 12.8 Å². The Morgan fingerprint density at radius 1 is 1.26 bits per heavy atom. The van der Waals surface area contributed by atoms with Crippen LogP contribution in [0.15, 0.2) is 41.3 Å². The summed E-state index contributed by atoms with van der Waals surface area (Å²) in [6.07, 6.45) is 0. The topological polar surface area (TPSA) is 98.5 Å². The average molecular weight is 361 g/mol. The number of hydrogen-bond acceptors (Lipinski definition) is 5. The second-order valence-electron chi connectivity index (χ2n) is 4.32. The lowest BCUT2D eigenvalue weighted by Crippen LogP contribution is -2.15. The van der Waals surface area contributed by atoms with E-state index in [1.807, 2.05) is 4.72 Å². The average Bonchev–Trinajstić information content (AvgIpc) is 2.49. The second-order valence-corrected chi connectivity index (χ2v) is 6.41. The third-order valence-electron chi connectivity index (χ3n) is 2.82. The third kappa shape index (κ3) is 3.69. The number of hydrogen-bond donors (Lipinski definition) is 1. The Kier molecular flexibility index (Phi) is 4.71. The molecule has 0 heterocycles. The Balaban J connectivity index is 2.50. The number of ether oxygens (including phenoxy) is 1. The van der Waals surface area contributed by atoms with Gasteiger partial charge in [-0.1, -0.05) is 11.6 Å². The van der Waals surface area contributed by atoms with Crippen molar-refractivity contribution in [2.24, 2.45) is 0 Å². The molecule has 23 heavy (non-hydrogen) atoms. The number of anilines is 1. The van der Waals surface area contributed by atoms with Crippen molar-refractivity contribution in [2.45, 2.75) is 4.90 Å². The van der Waals surface area contributed by atoms with Crippen LogP contribution in [0.25, 0.3) is 0 Å². The summed E-state index contributed by atoms with van der Waals surface area (Å²) < 4.78 is 45.4. The van der Waals surface area contributed by atoms with Crippen LogP contribution in [0.4, 0.5) is 15.8 Å². The molecule has 0 fully saturated rings. The van der Waals surface area contributed by atoms with E-state index in [2.05, 4.69) is 0 Å². The number of nitrogens with zero attached hydrogens (tertiary/aromatic N) is 1. The molecule has 0 bridgehead atoms. The van der Waals surface area contributed by atoms with Crippen molar-refractivity contribution in [2.75, 3.05) is 11.8 Å². The molecule has 0 saturated heterocycles. The van der Waals surface area contributed by atoms with Gasteiger partial charge in [0.25, 0.3) is 15.7 Å². The minimum absolute atomic E-state index is 0.0957. The standard InChI is InChI=1S/C13H10ClFN2O5S/c1-22-12-5-3-9(17(18)19)7-13(12)23(20,21)16-11-4-2-8(14)6-10(11)15/h2-7,16H,1H3. The Morgan fingerprint density at radius 3 is 2.52 bits per heavy atom. The van der Waals surface area contributed by atoms with E-state index in [1.54, 1.807) is 0 Å². The highest BCUT2D eigenvalue weighted by Gasteiger charge is 2.24. The van der Waals surface area contributed by atoms with Crippen LogP contribution < -0.4 is 9.46 Å². The number of non-ortho nitro benzene ring substituents is 1. The van der Waals surface area contributed by atoms with Crippen molar-refractivity contribution in [3.8, 4) is 5.75 Å². The zero-order valence-corrected chi connectivity index (χ0v) is 13.2. The van der Waals surface area contributed by atoms with E-state index in [1.165, 1.54) is 13.2 Å². The van der Waals surface area contributed by atoms with Crippen molar-refractivity contribution < 1.29 is 22.5 Å². The molecule has 10 heteroatoms.